The highest BCUT2D eigenvalue weighted by molar-refractivity contribution is 9.10. The van der Waals surface area contributed by atoms with Crippen LogP contribution in [-0.2, 0) is 15.6 Å². The van der Waals surface area contributed by atoms with E-state index in [0.717, 1.165) is 15.6 Å². The molecule has 8 heteroatoms. The second kappa shape index (κ2) is 12.1. The van der Waals surface area contributed by atoms with Crippen LogP contribution >= 0.6 is 15.9 Å². The number of carbonyl (C=O) groups is 1. The third-order valence-electron chi connectivity index (χ3n) is 6.01. The summed E-state index contributed by atoms with van der Waals surface area (Å²) in [5.41, 5.74) is 2.76. The van der Waals surface area contributed by atoms with Gasteiger partial charge in [-0.25, -0.2) is 4.79 Å². The van der Waals surface area contributed by atoms with Gasteiger partial charge in [-0.2, -0.15) is 5.26 Å². The van der Waals surface area contributed by atoms with Crippen molar-refractivity contribution in [3.05, 3.63) is 57.6 Å². The lowest BCUT2D eigenvalue weighted by molar-refractivity contribution is -0.134. The Morgan fingerprint density at radius 1 is 1.06 bits per heavy atom. The number of methoxy groups -OCH3 is 3. The Hall–Kier alpha value is -2.76. The van der Waals surface area contributed by atoms with Gasteiger partial charge in [0.05, 0.1) is 26.9 Å². The number of hydrogen-bond donors (Lipinski definition) is 0. The van der Waals surface area contributed by atoms with E-state index in [1.165, 1.54) is 13.2 Å². The number of carbonyl (C=O) groups excluding carboxylic acids is 1. The second-order valence-electron chi connectivity index (χ2n) is 8.56. The van der Waals surface area contributed by atoms with Crippen molar-refractivity contribution in [3.8, 4) is 23.3 Å². The van der Waals surface area contributed by atoms with E-state index in [4.69, 9.17) is 18.6 Å². The molecule has 0 amide bonds. The minimum Gasteiger partial charge on any atom is -0.542 e. The first-order valence-corrected chi connectivity index (χ1v) is 14.1. The van der Waals surface area contributed by atoms with Crippen molar-refractivity contribution >= 4 is 36.3 Å². The second-order valence-corrected chi connectivity index (χ2v) is 14.1. The Bertz CT molecular complexity index is 1080. The molecule has 2 aromatic carbocycles. The molecule has 0 aliphatic carbocycles. The zero-order chi connectivity index (χ0) is 25.5. The van der Waals surface area contributed by atoms with Gasteiger partial charge in [0.25, 0.3) is 8.32 Å². The van der Waals surface area contributed by atoms with Crippen LogP contribution in [-0.4, -0.2) is 35.6 Å². The van der Waals surface area contributed by atoms with E-state index < -0.39 is 14.3 Å². The molecule has 2 aromatic rings. The van der Waals surface area contributed by atoms with Crippen molar-refractivity contribution < 1.29 is 23.4 Å². The molecule has 0 radical (unpaired) electrons. The maximum absolute atomic E-state index is 11.6. The van der Waals surface area contributed by atoms with Crippen LogP contribution in [0.3, 0.4) is 0 Å². The molecule has 0 fully saturated rings. The first-order valence-electron chi connectivity index (χ1n) is 11.0. The van der Waals surface area contributed by atoms with Crippen LogP contribution in [0.1, 0.15) is 44.4 Å². The van der Waals surface area contributed by atoms with Crippen LogP contribution in [0.25, 0.3) is 6.08 Å². The van der Waals surface area contributed by atoms with Crippen LogP contribution in [0.5, 0.6) is 17.2 Å². The van der Waals surface area contributed by atoms with Gasteiger partial charge < -0.3 is 18.6 Å². The summed E-state index contributed by atoms with van der Waals surface area (Å²) in [4.78, 5) is 11.6. The number of nitriles is 1. The molecule has 0 heterocycles. The minimum atomic E-state index is -2.54. The van der Waals surface area contributed by atoms with Gasteiger partial charge >= 0.3 is 5.97 Å². The summed E-state index contributed by atoms with van der Waals surface area (Å²) in [5.74, 6) is 1.43. The molecular weight excluding hydrogens is 514 g/mol. The molecule has 0 aromatic heterocycles. The average Bonchev–Trinajstić information content (AvgIpc) is 2.83. The molecule has 0 saturated carbocycles. The smallest absolute Gasteiger partial charge is 0.330 e. The molecule has 0 saturated heterocycles. The molecular formula is C26H32BrNO5Si. The maximum atomic E-state index is 11.6. The molecule has 0 unspecified atom stereocenters. The van der Waals surface area contributed by atoms with Gasteiger partial charge in [0, 0.05) is 22.7 Å². The number of ether oxygens (including phenoxy) is 3. The summed E-state index contributed by atoms with van der Waals surface area (Å²) in [6.45, 7) is 8.70. The molecule has 2 rings (SSSR count). The molecule has 182 valence electrons. The highest BCUT2D eigenvalue weighted by Crippen LogP contribution is 2.41. The Balaban J connectivity index is 2.61. The molecule has 0 N–H and O–H groups in total. The average molecular weight is 547 g/mol. The minimum absolute atomic E-state index is 0.244. The molecule has 0 bridgehead atoms. The van der Waals surface area contributed by atoms with E-state index in [1.807, 2.05) is 24.3 Å². The summed E-state index contributed by atoms with van der Waals surface area (Å²) in [6, 6.07) is 12.1. The molecule has 6 nitrogen and oxygen atoms in total. The standard InChI is InChI=1S/C26H32BrNO5Si/c1-17(2)34(18(3)4,33-24-10-9-22(30-5)13-20(24)15-28)16-21-14-23(31-6)12-19(26(21)27)8-11-25(29)32-7/h8-14,17-18H,16H2,1-7H3/b11-8+. The molecule has 34 heavy (non-hydrogen) atoms. The number of nitrogens with zero attached hydrogens (tertiary/aromatic N) is 1. The van der Waals surface area contributed by atoms with Crippen LogP contribution in [0.15, 0.2) is 40.9 Å². The Morgan fingerprint density at radius 2 is 1.71 bits per heavy atom. The van der Waals surface area contributed by atoms with E-state index in [0.29, 0.717) is 28.9 Å². The van der Waals surface area contributed by atoms with Crippen molar-refractivity contribution in [2.75, 3.05) is 21.3 Å². The number of rotatable bonds is 10. The zero-order valence-electron chi connectivity index (χ0n) is 20.8. The van der Waals surface area contributed by atoms with E-state index in [-0.39, 0.29) is 11.1 Å². The fourth-order valence-corrected chi connectivity index (χ4v) is 8.85. The van der Waals surface area contributed by atoms with Crippen LogP contribution in [0, 0.1) is 11.3 Å². The lowest BCUT2D eigenvalue weighted by atomic mass is 10.1. The van der Waals surface area contributed by atoms with Crippen LogP contribution < -0.4 is 13.9 Å². The predicted molar refractivity (Wildman–Crippen MR) is 140 cm³/mol. The van der Waals surface area contributed by atoms with Crippen molar-refractivity contribution in [1.82, 2.24) is 0 Å². The number of benzene rings is 2. The molecule has 0 aliphatic heterocycles. The van der Waals surface area contributed by atoms with Gasteiger partial charge in [0.2, 0.25) is 0 Å². The van der Waals surface area contributed by atoms with E-state index in [9.17, 15) is 10.1 Å². The van der Waals surface area contributed by atoms with Crippen molar-refractivity contribution in [2.45, 2.75) is 44.8 Å². The molecule has 0 spiro atoms. The van der Waals surface area contributed by atoms with Gasteiger partial charge in [0.15, 0.2) is 0 Å². The quantitative estimate of drug-likeness (QED) is 0.194. The Kier molecular flexibility index (Phi) is 9.77. The Morgan fingerprint density at radius 3 is 2.24 bits per heavy atom. The number of halogens is 1. The first kappa shape index (κ1) is 27.5. The zero-order valence-corrected chi connectivity index (χ0v) is 23.4. The van der Waals surface area contributed by atoms with Gasteiger partial charge in [-0.3, -0.25) is 0 Å². The van der Waals surface area contributed by atoms with Crippen LogP contribution in [0.4, 0.5) is 0 Å². The van der Waals surface area contributed by atoms with Crippen molar-refractivity contribution in [3.63, 3.8) is 0 Å². The normalized spacial score (nSPS) is 11.6. The van der Waals surface area contributed by atoms with Crippen molar-refractivity contribution in [2.24, 2.45) is 0 Å². The predicted octanol–water partition coefficient (Wildman–Crippen LogP) is 6.45. The number of hydrogen-bond acceptors (Lipinski definition) is 6. The van der Waals surface area contributed by atoms with Crippen molar-refractivity contribution in [1.29, 1.82) is 5.26 Å². The van der Waals surface area contributed by atoms with Crippen LogP contribution in [0.2, 0.25) is 11.1 Å². The summed E-state index contributed by atoms with van der Waals surface area (Å²) >= 11 is 3.74. The lowest BCUT2D eigenvalue weighted by Crippen LogP contribution is -2.50. The SMILES string of the molecule is COC(=O)/C=C/c1cc(OC)cc(C[Si](Oc2ccc(OC)cc2C#N)(C(C)C)C(C)C)c1Br. The van der Waals surface area contributed by atoms with E-state index >= 15 is 0 Å². The molecule has 0 aliphatic rings. The Labute approximate surface area is 211 Å². The van der Waals surface area contributed by atoms with Gasteiger partial charge in [-0.1, -0.05) is 27.7 Å². The van der Waals surface area contributed by atoms with Gasteiger partial charge in [0.1, 0.15) is 23.3 Å². The first-order chi connectivity index (χ1) is 16.1. The summed E-state index contributed by atoms with van der Waals surface area (Å²) in [6.07, 6.45) is 3.08. The largest absolute Gasteiger partial charge is 0.542 e. The fraction of sp³-hybridized carbons (Fsp3) is 0.385. The summed E-state index contributed by atoms with van der Waals surface area (Å²) in [5, 5.41) is 9.74. The highest BCUT2D eigenvalue weighted by atomic mass is 79.9. The van der Waals surface area contributed by atoms with Gasteiger partial charge in [-0.15, -0.1) is 0 Å². The topological polar surface area (TPSA) is 77.8 Å². The maximum Gasteiger partial charge on any atom is 0.330 e. The summed E-state index contributed by atoms with van der Waals surface area (Å²) in [7, 11) is 1.99. The van der Waals surface area contributed by atoms with Gasteiger partial charge in [-0.05, 0) is 68.5 Å². The third kappa shape index (κ3) is 6.22. The lowest BCUT2D eigenvalue weighted by Gasteiger charge is -2.39. The van der Waals surface area contributed by atoms with E-state index in [1.54, 1.807) is 26.4 Å². The number of esters is 1. The monoisotopic (exact) mass is 545 g/mol. The third-order valence-corrected chi connectivity index (χ3v) is 12.4. The molecule has 0 atom stereocenters. The highest BCUT2D eigenvalue weighted by Gasteiger charge is 2.45. The van der Waals surface area contributed by atoms with E-state index in [2.05, 4.69) is 49.7 Å². The summed E-state index contributed by atoms with van der Waals surface area (Å²) < 4.78 is 23.3. The fourth-order valence-electron chi connectivity index (χ4n) is 3.93.